The minimum atomic E-state index is -0.251. The number of hydrogen-bond acceptors (Lipinski definition) is 6. The third-order valence-electron chi connectivity index (χ3n) is 7.29. The van der Waals surface area contributed by atoms with E-state index in [4.69, 9.17) is 0 Å². The second-order valence-corrected chi connectivity index (χ2v) is 9.39. The third kappa shape index (κ3) is 3.86. The van der Waals surface area contributed by atoms with Crippen molar-refractivity contribution in [3.8, 4) is 0 Å². The SMILES string of the molecule is CCN1CCN([C@H](c2cc3c(C)cc(C)cc3[nH]c2=O)c2nnnn2C2CCCC2)CC1. The van der Waals surface area contributed by atoms with Gasteiger partial charge < -0.3 is 9.88 Å². The van der Waals surface area contributed by atoms with E-state index in [1.54, 1.807) is 0 Å². The number of aromatic nitrogens is 5. The molecule has 2 aliphatic rings. The number of nitrogens with one attached hydrogen (secondary N) is 1. The highest BCUT2D eigenvalue weighted by Gasteiger charge is 2.34. The quantitative estimate of drug-likeness (QED) is 0.663. The minimum Gasteiger partial charge on any atom is -0.322 e. The van der Waals surface area contributed by atoms with E-state index in [-0.39, 0.29) is 11.6 Å². The van der Waals surface area contributed by atoms with Crippen LogP contribution in [0.1, 0.15) is 67.2 Å². The van der Waals surface area contributed by atoms with Crippen LogP contribution in [-0.2, 0) is 0 Å². The molecule has 170 valence electrons. The maximum atomic E-state index is 13.4. The summed E-state index contributed by atoms with van der Waals surface area (Å²) in [4.78, 5) is 21.4. The van der Waals surface area contributed by atoms with Crippen LogP contribution in [-0.4, -0.2) is 67.7 Å². The highest BCUT2D eigenvalue weighted by molar-refractivity contribution is 5.83. The van der Waals surface area contributed by atoms with Crippen LogP contribution in [0, 0.1) is 13.8 Å². The van der Waals surface area contributed by atoms with Crippen molar-refractivity contribution in [3.05, 3.63) is 51.1 Å². The summed E-state index contributed by atoms with van der Waals surface area (Å²) in [7, 11) is 0. The zero-order valence-corrected chi connectivity index (χ0v) is 19.3. The van der Waals surface area contributed by atoms with Gasteiger partial charge in [-0.2, -0.15) is 0 Å². The normalized spacial score (nSPS) is 19.7. The monoisotopic (exact) mass is 435 g/mol. The Labute approximate surface area is 188 Å². The van der Waals surface area contributed by atoms with E-state index >= 15 is 0 Å². The molecular formula is C24H33N7O. The lowest BCUT2D eigenvalue weighted by atomic mass is 9.99. The Morgan fingerprint density at radius 1 is 1.09 bits per heavy atom. The molecule has 0 unspecified atom stereocenters. The van der Waals surface area contributed by atoms with Gasteiger partial charge in [-0.25, -0.2) is 4.68 Å². The standard InChI is InChI=1S/C24H33N7O/c1-4-29-9-11-30(12-10-29)22(23-26-27-28-31(23)18-7-5-6-8-18)20-15-19-17(3)13-16(2)14-21(19)25-24(20)32/h13-15,18,22H,4-12H2,1-3H3,(H,25,32)/t22-/m1/s1. The molecule has 1 atom stereocenters. The van der Waals surface area contributed by atoms with E-state index < -0.39 is 0 Å². The third-order valence-corrected chi connectivity index (χ3v) is 7.29. The summed E-state index contributed by atoms with van der Waals surface area (Å²) in [6.45, 7) is 11.2. The molecule has 1 aromatic carbocycles. The Kier molecular flexibility index (Phi) is 5.82. The number of fused-ring (bicyclic) bond motifs is 1. The van der Waals surface area contributed by atoms with Crippen molar-refractivity contribution >= 4 is 10.9 Å². The fraction of sp³-hybridized carbons (Fsp3) is 0.583. The number of likely N-dealkylation sites (N-methyl/N-ethyl adjacent to an activating group) is 1. The second-order valence-electron chi connectivity index (χ2n) is 9.39. The largest absolute Gasteiger partial charge is 0.322 e. The van der Waals surface area contributed by atoms with Crippen molar-refractivity contribution in [2.24, 2.45) is 0 Å². The van der Waals surface area contributed by atoms with Crippen molar-refractivity contribution < 1.29 is 0 Å². The number of hydrogen-bond donors (Lipinski definition) is 1. The van der Waals surface area contributed by atoms with Gasteiger partial charge in [-0.1, -0.05) is 25.8 Å². The second kappa shape index (κ2) is 8.75. The predicted molar refractivity (Wildman–Crippen MR) is 125 cm³/mol. The average molecular weight is 436 g/mol. The number of pyridine rings is 1. The number of H-pyrrole nitrogens is 1. The molecule has 32 heavy (non-hydrogen) atoms. The van der Waals surface area contributed by atoms with Crippen LogP contribution in [0.25, 0.3) is 10.9 Å². The fourth-order valence-electron chi connectivity index (χ4n) is 5.52. The van der Waals surface area contributed by atoms with Crippen molar-refractivity contribution in [2.75, 3.05) is 32.7 Å². The molecule has 1 saturated heterocycles. The van der Waals surface area contributed by atoms with Gasteiger partial charge in [-0.05, 0) is 66.9 Å². The number of tetrazole rings is 1. The molecule has 2 aromatic heterocycles. The summed E-state index contributed by atoms with van der Waals surface area (Å²) < 4.78 is 2.01. The van der Waals surface area contributed by atoms with Gasteiger partial charge in [0, 0.05) is 42.6 Å². The Bertz CT molecular complexity index is 1150. The molecule has 3 aromatic rings. The highest BCUT2D eigenvalue weighted by atomic mass is 16.1. The summed E-state index contributed by atoms with van der Waals surface area (Å²) in [5, 5.41) is 14.1. The van der Waals surface area contributed by atoms with Gasteiger partial charge in [-0.3, -0.25) is 9.69 Å². The Balaban J connectivity index is 1.63. The zero-order chi connectivity index (χ0) is 22.2. The van der Waals surface area contributed by atoms with Crippen LogP contribution in [0.15, 0.2) is 23.0 Å². The molecule has 5 rings (SSSR count). The number of benzene rings is 1. The van der Waals surface area contributed by atoms with E-state index in [0.29, 0.717) is 6.04 Å². The lowest BCUT2D eigenvalue weighted by molar-refractivity contribution is 0.107. The van der Waals surface area contributed by atoms with Gasteiger partial charge >= 0.3 is 0 Å². The van der Waals surface area contributed by atoms with Crippen LogP contribution in [0.3, 0.4) is 0 Å². The predicted octanol–water partition coefficient (Wildman–Crippen LogP) is 2.97. The molecule has 8 heteroatoms. The van der Waals surface area contributed by atoms with Gasteiger partial charge in [0.2, 0.25) is 0 Å². The first kappa shape index (κ1) is 21.3. The summed E-state index contributed by atoms with van der Waals surface area (Å²) in [6.07, 6.45) is 4.61. The number of aryl methyl sites for hydroxylation is 2. The van der Waals surface area contributed by atoms with Crippen molar-refractivity contribution in [1.29, 1.82) is 0 Å². The maximum absolute atomic E-state index is 13.4. The number of piperazine rings is 1. The lowest BCUT2D eigenvalue weighted by Gasteiger charge is -2.38. The molecular weight excluding hydrogens is 402 g/mol. The Morgan fingerprint density at radius 2 is 1.84 bits per heavy atom. The Hall–Kier alpha value is -2.58. The van der Waals surface area contributed by atoms with Crippen molar-refractivity contribution in [3.63, 3.8) is 0 Å². The van der Waals surface area contributed by atoms with Crippen molar-refractivity contribution in [2.45, 2.75) is 58.5 Å². The minimum absolute atomic E-state index is 0.0496. The summed E-state index contributed by atoms with van der Waals surface area (Å²) in [6, 6.07) is 6.36. The van der Waals surface area contributed by atoms with E-state index in [0.717, 1.165) is 73.4 Å². The first-order chi connectivity index (χ1) is 15.5. The topological polar surface area (TPSA) is 82.9 Å². The molecule has 0 radical (unpaired) electrons. The van der Waals surface area contributed by atoms with E-state index in [1.807, 2.05) is 10.7 Å². The van der Waals surface area contributed by atoms with Crippen LogP contribution in [0.4, 0.5) is 0 Å². The molecule has 3 heterocycles. The van der Waals surface area contributed by atoms with Crippen LogP contribution < -0.4 is 5.56 Å². The molecule has 1 aliphatic heterocycles. The number of rotatable bonds is 5. The van der Waals surface area contributed by atoms with E-state index in [2.05, 4.69) is 63.2 Å². The van der Waals surface area contributed by atoms with Gasteiger partial charge in [0.05, 0.1) is 6.04 Å². The lowest BCUT2D eigenvalue weighted by Crippen LogP contribution is -2.49. The molecule has 0 spiro atoms. The summed E-state index contributed by atoms with van der Waals surface area (Å²) >= 11 is 0. The highest BCUT2D eigenvalue weighted by Crippen LogP contribution is 2.34. The molecule has 1 N–H and O–H groups in total. The summed E-state index contributed by atoms with van der Waals surface area (Å²) in [5.74, 6) is 0.802. The zero-order valence-electron chi connectivity index (χ0n) is 19.3. The average Bonchev–Trinajstić information content (AvgIpc) is 3.47. The van der Waals surface area contributed by atoms with Gasteiger partial charge in [0.15, 0.2) is 5.82 Å². The molecule has 1 aliphatic carbocycles. The smallest absolute Gasteiger partial charge is 0.253 e. The maximum Gasteiger partial charge on any atom is 0.253 e. The molecule has 1 saturated carbocycles. The fourth-order valence-corrected chi connectivity index (χ4v) is 5.52. The van der Waals surface area contributed by atoms with Crippen LogP contribution >= 0.6 is 0 Å². The first-order valence-corrected chi connectivity index (χ1v) is 11.9. The number of aromatic amines is 1. The summed E-state index contributed by atoms with van der Waals surface area (Å²) in [5.41, 5.74) is 3.90. The molecule has 8 nitrogen and oxygen atoms in total. The van der Waals surface area contributed by atoms with Crippen LogP contribution in [0.5, 0.6) is 0 Å². The number of nitrogens with zero attached hydrogens (tertiary/aromatic N) is 6. The van der Waals surface area contributed by atoms with E-state index in [1.165, 1.54) is 18.4 Å². The molecule has 0 bridgehead atoms. The van der Waals surface area contributed by atoms with E-state index in [9.17, 15) is 4.79 Å². The van der Waals surface area contributed by atoms with Gasteiger partial charge in [-0.15, -0.1) is 5.10 Å². The van der Waals surface area contributed by atoms with Gasteiger partial charge in [0.25, 0.3) is 5.56 Å². The van der Waals surface area contributed by atoms with Gasteiger partial charge in [0.1, 0.15) is 6.04 Å². The van der Waals surface area contributed by atoms with Crippen molar-refractivity contribution in [1.82, 2.24) is 35.0 Å². The van der Waals surface area contributed by atoms with Crippen LogP contribution in [0.2, 0.25) is 0 Å². The first-order valence-electron chi connectivity index (χ1n) is 11.9. The molecule has 2 fully saturated rings. The molecule has 0 amide bonds. The Morgan fingerprint density at radius 3 is 2.56 bits per heavy atom.